The van der Waals surface area contributed by atoms with Gasteiger partial charge in [0.15, 0.2) is 5.82 Å². The van der Waals surface area contributed by atoms with E-state index in [0.29, 0.717) is 36.3 Å². The molecule has 1 unspecified atom stereocenters. The summed E-state index contributed by atoms with van der Waals surface area (Å²) in [5.41, 5.74) is 9.25. The van der Waals surface area contributed by atoms with Crippen LogP contribution in [-0.4, -0.2) is 57.3 Å². The van der Waals surface area contributed by atoms with Gasteiger partial charge < -0.3 is 29.2 Å². The first kappa shape index (κ1) is 21.8. The van der Waals surface area contributed by atoms with Crippen LogP contribution in [0, 0.1) is 0 Å². The van der Waals surface area contributed by atoms with E-state index in [9.17, 15) is 9.59 Å². The van der Waals surface area contributed by atoms with E-state index in [1.807, 2.05) is 23.7 Å². The molecule has 3 heterocycles. The molecule has 1 fully saturated rings. The molecule has 2 aromatic heterocycles. The fourth-order valence-corrected chi connectivity index (χ4v) is 4.91. The number of amides is 2. The fourth-order valence-electron chi connectivity index (χ4n) is 4.91. The van der Waals surface area contributed by atoms with Crippen molar-refractivity contribution in [3.05, 3.63) is 48.0 Å². The number of rotatable bonds is 5. The fraction of sp³-hybridized carbons (Fsp3) is 0.320. The standard InChI is InChI=1S/C25H27N5O4/c1-4-30-19-8-6-5-7-15(19)12-20(30)23-27-18-11-16(13-21(33-3)22(18)28(23)2)24(31)29-10-9-17(14-29)34-25(26)32/h5-8,11-13,17H,4,9-10,14H2,1-3H3,(H2,26,32). The maximum absolute atomic E-state index is 13.2. The van der Waals surface area contributed by atoms with Gasteiger partial charge in [-0.1, -0.05) is 18.2 Å². The summed E-state index contributed by atoms with van der Waals surface area (Å²) >= 11 is 0. The summed E-state index contributed by atoms with van der Waals surface area (Å²) in [5, 5.41) is 1.15. The zero-order chi connectivity index (χ0) is 24.0. The molecule has 9 heteroatoms. The molecule has 34 heavy (non-hydrogen) atoms. The highest BCUT2D eigenvalue weighted by atomic mass is 16.6. The number of aryl methyl sites for hydroxylation is 2. The summed E-state index contributed by atoms with van der Waals surface area (Å²) in [4.78, 5) is 30.9. The molecule has 9 nitrogen and oxygen atoms in total. The minimum absolute atomic E-state index is 0.161. The maximum atomic E-state index is 13.2. The van der Waals surface area contributed by atoms with Crippen LogP contribution in [0.1, 0.15) is 23.7 Å². The number of imidazole rings is 1. The van der Waals surface area contributed by atoms with E-state index >= 15 is 0 Å². The maximum Gasteiger partial charge on any atom is 0.404 e. The molecule has 0 spiro atoms. The first-order valence-electron chi connectivity index (χ1n) is 11.3. The molecule has 0 bridgehead atoms. The Bertz CT molecular complexity index is 1420. The van der Waals surface area contributed by atoms with Crippen molar-refractivity contribution in [3.63, 3.8) is 0 Å². The van der Waals surface area contributed by atoms with Crippen LogP contribution in [0.3, 0.4) is 0 Å². The third-order valence-electron chi connectivity index (χ3n) is 6.47. The highest BCUT2D eigenvalue weighted by Gasteiger charge is 2.30. The second-order valence-corrected chi connectivity index (χ2v) is 8.47. The van der Waals surface area contributed by atoms with Crippen LogP contribution in [0.4, 0.5) is 4.79 Å². The van der Waals surface area contributed by atoms with Crippen LogP contribution < -0.4 is 10.5 Å². The number of carbonyl (C=O) groups excluding carboxylic acids is 2. The van der Waals surface area contributed by atoms with Gasteiger partial charge in [0.1, 0.15) is 17.4 Å². The van der Waals surface area contributed by atoms with Crippen LogP contribution in [0.25, 0.3) is 33.5 Å². The quantitative estimate of drug-likeness (QED) is 0.490. The molecule has 0 aliphatic carbocycles. The molecule has 1 aliphatic heterocycles. The molecule has 176 valence electrons. The zero-order valence-corrected chi connectivity index (χ0v) is 19.4. The lowest BCUT2D eigenvalue weighted by molar-refractivity contribution is 0.0739. The van der Waals surface area contributed by atoms with E-state index < -0.39 is 6.09 Å². The molecule has 0 saturated carbocycles. The average molecular weight is 462 g/mol. The van der Waals surface area contributed by atoms with E-state index in [1.54, 1.807) is 24.1 Å². The van der Waals surface area contributed by atoms with Gasteiger partial charge in [-0.2, -0.15) is 0 Å². The number of aromatic nitrogens is 3. The Hall–Kier alpha value is -4.01. The van der Waals surface area contributed by atoms with Crippen molar-refractivity contribution in [1.29, 1.82) is 0 Å². The second kappa shape index (κ2) is 8.40. The Morgan fingerprint density at radius 1 is 1.21 bits per heavy atom. The predicted octanol–water partition coefficient (Wildman–Crippen LogP) is 3.53. The molecule has 5 rings (SSSR count). The van der Waals surface area contributed by atoms with Gasteiger partial charge >= 0.3 is 6.09 Å². The normalized spacial score (nSPS) is 15.9. The SMILES string of the molecule is CCn1c(-c2nc3cc(C(=O)N4CCC(OC(N)=O)C4)cc(OC)c3n2C)cc2ccccc21. The Morgan fingerprint density at radius 2 is 2.00 bits per heavy atom. The van der Waals surface area contributed by atoms with E-state index in [-0.39, 0.29) is 12.0 Å². The average Bonchev–Trinajstić information content (AvgIpc) is 3.52. The topological polar surface area (TPSA) is 105 Å². The Morgan fingerprint density at radius 3 is 2.74 bits per heavy atom. The van der Waals surface area contributed by atoms with Gasteiger partial charge in [0.05, 0.1) is 24.9 Å². The number of likely N-dealkylation sites (tertiary alicyclic amines) is 1. The summed E-state index contributed by atoms with van der Waals surface area (Å²) < 4.78 is 15.0. The highest BCUT2D eigenvalue weighted by Crippen LogP contribution is 2.34. The number of ether oxygens (including phenoxy) is 2. The van der Waals surface area contributed by atoms with Crippen molar-refractivity contribution < 1.29 is 19.1 Å². The van der Waals surface area contributed by atoms with Crippen LogP contribution in [0.5, 0.6) is 5.75 Å². The Balaban J connectivity index is 1.57. The van der Waals surface area contributed by atoms with Gasteiger partial charge in [0.2, 0.25) is 0 Å². The number of methoxy groups -OCH3 is 1. The third-order valence-corrected chi connectivity index (χ3v) is 6.47. The monoisotopic (exact) mass is 461 g/mol. The minimum atomic E-state index is -0.826. The molecular weight excluding hydrogens is 434 g/mol. The van der Waals surface area contributed by atoms with E-state index in [2.05, 4.69) is 29.7 Å². The summed E-state index contributed by atoms with van der Waals surface area (Å²) in [6.07, 6.45) is -0.652. The Labute approximate surface area is 196 Å². The second-order valence-electron chi connectivity index (χ2n) is 8.47. The summed E-state index contributed by atoms with van der Waals surface area (Å²) in [6.45, 7) is 3.71. The number of hydrogen-bond donors (Lipinski definition) is 1. The van der Waals surface area contributed by atoms with E-state index in [1.165, 1.54) is 0 Å². The molecule has 2 aromatic carbocycles. The lowest BCUT2D eigenvalue weighted by Gasteiger charge is -2.17. The van der Waals surface area contributed by atoms with Crippen molar-refractivity contribution in [2.24, 2.45) is 12.8 Å². The van der Waals surface area contributed by atoms with E-state index in [4.69, 9.17) is 20.2 Å². The molecule has 1 saturated heterocycles. The summed E-state index contributed by atoms with van der Waals surface area (Å²) in [5.74, 6) is 1.21. The number of hydrogen-bond acceptors (Lipinski definition) is 5. The van der Waals surface area contributed by atoms with Crippen molar-refractivity contribution in [3.8, 4) is 17.3 Å². The smallest absolute Gasteiger partial charge is 0.404 e. The van der Waals surface area contributed by atoms with Crippen LogP contribution in [0.15, 0.2) is 42.5 Å². The first-order valence-corrected chi connectivity index (χ1v) is 11.3. The molecule has 1 aliphatic rings. The summed E-state index contributed by atoms with van der Waals surface area (Å²) in [7, 11) is 3.55. The number of para-hydroxylation sites is 1. The number of nitrogens with zero attached hydrogens (tertiary/aromatic N) is 4. The molecule has 0 radical (unpaired) electrons. The molecule has 2 N–H and O–H groups in total. The van der Waals surface area contributed by atoms with Crippen molar-refractivity contribution in [1.82, 2.24) is 19.0 Å². The van der Waals surface area contributed by atoms with Gasteiger partial charge in [-0.15, -0.1) is 0 Å². The van der Waals surface area contributed by atoms with Gasteiger partial charge in [-0.3, -0.25) is 4.79 Å². The number of primary amides is 1. The Kier molecular flexibility index (Phi) is 5.39. The van der Waals surface area contributed by atoms with Crippen LogP contribution >= 0.6 is 0 Å². The zero-order valence-electron chi connectivity index (χ0n) is 19.4. The number of nitrogens with two attached hydrogens (primary N) is 1. The van der Waals surface area contributed by atoms with Crippen molar-refractivity contribution in [2.45, 2.75) is 26.0 Å². The lowest BCUT2D eigenvalue weighted by atomic mass is 10.1. The van der Waals surface area contributed by atoms with Crippen molar-refractivity contribution >= 4 is 33.9 Å². The van der Waals surface area contributed by atoms with Crippen molar-refractivity contribution in [2.75, 3.05) is 20.2 Å². The first-order chi connectivity index (χ1) is 16.4. The molecule has 2 amide bonds. The third kappa shape index (κ3) is 3.53. The minimum Gasteiger partial charge on any atom is -0.494 e. The predicted molar refractivity (Wildman–Crippen MR) is 129 cm³/mol. The van der Waals surface area contributed by atoms with Gasteiger partial charge in [-0.25, -0.2) is 9.78 Å². The lowest BCUT2D eigenvalue weighted by Crippen LogP contribution is -2.31. The molecule has 1 atom stereocenters. The number of fused-ring (bicyclic) bond motifs is 2. The van der Waals surface area contributed by atoms with Gasteiger partial charge in [0, 0.05) is 43.0 Å². The van der Waals surface area contributed by atoms with E-state index in [0.717, 1.165) is 34.5 Å². The summed E-state index contributed by atoms with van der Waals surface area (Å²) in [6, 6.07) is 13.9. The largest absolute Gasteiger partial charge is 0.494 e. The van der Waals surface area contributed by atoms with Crippen LogP contribution in [-0.2, 0) is 18.3 Å². The van der Waals surface area contributed by atoms with Gasteiger partial charge in [0.25, 0.3) is 5.91 Å². The molecule has 4 aromatic rings. The van der Waals surface area contributed by atoms with Gasteiger partial charge in [-0.05, 0) is 31.2 Å². The number of carbonyl (C=O) groups is 2. The molecular formula is C25H27N5O4. The van der Waals surface area contributed by atoms with Crippen LogP contribution in [0.2, 0.25) is 0 Å². The number of benzene rings is 2. The highest BCUT2D eigenvalue weighted by molar-refractivity contribution is 6.00.